The molecule has 1 rings (SSSR count). The number of hydrogen-bond donors (Lipinski definition) is 1. The van der Waals surface area contributed by atoms with E-state index in [4.69, 9.17) is 0 Å². The van der Waals surface area contributed by atoms with Gasteiger partial charge in [0.05, 0.1) is 0 Å². The monoisotopic (exact) mass is 194 g/mol. The van der Waals surface area contributed by atoms with Crippen molar-refractivity contribution in [2.24, 2.45) is 0 Å². The Hall–Kier alpha value is -1.03. The Kier molecular flexibility index (Phi) is 3.95. The van der Waals surface area contributed by atoms with Crippen molar-refractivity contribution in [1.82, 2.24) is 20.3 Å². The highest BCUT2D eigenvalue weighted by Crippen LogP contribution is 2.08. The molecule has 0 spiro atoms. The van der Waals surface area contributed by atoms with Crippen LogP contribution in [0, 0.1) is 6.92 Å². The van der Waals surface area contributed by atoms with E-state index in [0.717, 1.165) is 30.4 Å². The van der Waals surface area contributed by atoms with Gasteiger partial charge >= 0.3 is 0 Å². The fraction of sp³-hybridized carbons (Fsp3) is 0.700. The highest BCUT2D eigenvalue weighted by molar-refractivity contribution is 5.00. The van der Waals surface area contributed by atoms with E-state index in [0.29, 0.717) is 5.92 Å². The van der Waals surface area contributed by atoms with Crippen LogP contribution in [0.4, 0.5) is 0 Å². The van der Waals surface area contributed by atoms with Gasteiger partial charge in [0, 0.05) is 18.9 Å². The first kappa shape index (κ1) is 11.0. The lowest BCUT2D eigenvalue weighted by atomic mass is 10.2. The number of likely N-dealkylation sites (N-methyl/N-ethyl adjacent to an activating group) is 1. The number of aryl methyl sites for hydroxylation is 1. The molecule has 0 atom stereocenters. The summed E-state index contributed by atoms with van der Waals surface area (Å²) in [5.41, 5.74) is 0. The van der Waals surface area contributed by atoms with E-state index in [1.54, 1.807) is 0 Å². The molecule has 0 aliphatic rings. The van der Waals surface area contributed by atoms with Crippen molar-refractivity contribution < 1.29 is 0 Å². The Bertz CT molecular complexity index is 296. The van der Waals surface area contributed by atoms with Crippen LogP contribution in [0.2, 0.25) is 0 Å². The van der Waals surface area contributed by atoms with Crippen molar-refractivity contribution in [2.45, 2.75) is 33.1 Å². The summed E-state index contributed by atoms with van der Waals surface area (Å²) in [6.45, 7) is 7.00. The predicted octanol–water partition coefficient (Wildman–Crippen LogP) is 1.07. The van der Waals surface area contributed by atoms with Crippen LogP contribution < -0.4 is 5.32 Å². The number of hydrogen-bond acceptors (Lipinski definition) is 4. The molecular formula is C10H18N4. The maximum atomic E-state index is 4.41. The van der Waals surface area contributed by atoms with Crippen LogP contribution in [0.5, 0.6) is 0 Å². The first-order chi connectivity index (χ1) is 6.63. The zero-order chi connectivity index (χ0) is 10.6. The highest BCUT2D eigenvalue weighted by atomic mass is 15.0. The number of aromatic nitrogens is 3. The summed E-state index contributed by atoms with van der Waals surface area (Å²) in [7, 11) is 1.93. The molecule has 0 saturated carbocycles. The van der Waals surface area contributed by atoms with Crippen LogP contribution in [0.15, 0.2) is 0 Å². The summed E-state index contributed by atoms with van der Waals surface area (Å²) in [5.74, 6) is 2.96. The Balaban J connectivity index is 2.84. The summed E-state index contributed by atoms with van der Waals surface area (Å²) in [6, 6.07) is 0. The largest absolute Gasteiger partial charge is 0.319 e. The molecule has 1 heterocycles. The van der Waals surface area contributed by atoms with Crippen LogP contribution in [0.25, 0.3) is 0 Å². The van der Waals surface area contributed by atoms with Crippen molar-refractivity contribution in [3.05, 3.63) is 17.5 Å². The topological polar surface area (TPSA) is 50.7 Å². The summed E-state index contributed by atoms with van der Waals surface area (Å²) in [4.78, 5) is 13.0. The molecule has 0 aromatic carbocycles. The van der Waals surface area contributed by atoms with Gasteiger partial charge in [-0.05, 0) is 14.0 Å². The van der Waals surface area contributed by atoms with E-state index in [1.807, 2.05) is 14.0 Å². The summed E-state index contributed by atoms with van der Waals surface area (Å²) in [6.07, 6.45) is 0.861. The van der Waals surface area contributed by atoms with Gasteiger partial charge in [-0.15, -0.1) is 0 Å². The summed E-state index contributed by atoms with van der Waals surface area (Å²) in [5, 5.41) is 3.08. The molecule has 0 amide bonds. The van der Waals surface area contributed by atoms with Gasteiger partial charge in [0.2, 0.25) is 0 Å². The molecule has 0 aliphatic heterocycles. The van der Waals surface area contributed by atoms with Gasteiger partial charge in [-0.25, -0.2) is 15.0 Å². The minimum atomic E-state index is 0.366. The van der Waals surface area contributed by atoms with E-state index in [1.165, 1.54) is 0 Å². The van der Waals surface area contributed by atoms with E-state index in [-0.39, 0.29) is 0 Å². The molecule has 4 heteroatoms. The molecule has 14 heavy (non-hydrogen) atoms. The lowest BCUT2D eigenvalue weighted by Crippen LogP contribution is -2.14. The van der Waals surface area contributed by atoms with Crippen LogP contribution in [0.1, 0.15) is 37.2 Å². The quantitative estimate of drug-likeness (QED) is 0.779. The molecule has 78 valence electrons. The first-order valence-corrected chi connectivity index (χ1v) is 4.99. The minimum Gasteiger partial charge on any atom is -0.319 e. The van der Waals surface area contributed by atoms with Gasteiger partial charge in [-0.1, -0.05) is 13.8 Å². The molecule has 0 fully saturated rings. The standard InChI is InChI=1S/C10H18N4/c1-7(2)10-13-8(3)12-9(14-10)5-6-11-4/h7,11H,5-6H2,1-4H3. The number of nitrogens with one attached hydrogen (secondary N) is 1. The van der Waals surface area contributed by atoms with Gasteiger partial charge in [0.25, 0.3) is 0 Å². The van der Waals surface area contributed by atoms with E-state index < -0.39 is 0 Å². The molecule has 0 unspecified atom stereocenters. The van der Waals surface area contributed by atoms with Crippen molar-refractivity contribution >= 4 is 0 Å². The second-order valence-electron chi connectivity index (χ2n) is 3.67. The molecule has 1 aromatic rings. The number of rotatable bonds is 4. The Morgan fingerprint density at radius 3 is 2.50 bits per heavy atom. The average Bonchev–Trinajstić information content (AvgIpc) is 2.14. The van der Waals surface area contributed by atoms with Gasteiger partial charge in [0.1, 0.15) is 17.5 Å². The van der Waals surface area contributed by atoms with E-state index in [9.17, 15) is 0 Å². The Labute approximate surface area is 85.2 Å². The number of nitrogens with zero attached hydrogens (tertiary/aromatic N) is 3. The van der Waals surface area contributed by atoms with Crippen LogP contribution in [-0.4, -0.2) is 28.5 Å². The smallest absolute Gasteiger partial charge is 0.135 e. The van der Waals surface area contributed by atoms with Crippen molar-refractivity contribution in [3.63, 3.8) is 0 Å². The molecule has 1 aromatic heterocycles. The highest BCUT2D eigenvalue weighted by Gasteiger charge is 2.06. The fourth-order valence-corrected chi connectivity index (χ4v) is 1.17. The molecule has 1 N–H and O–H groups in total. The van der Waals surface area contributed by atoms with Crippen molar-refractivity contribution in [3.8, 4) is 0 Å². The summed E-state index contributed by atoms with van der Waals surface area (Å²) >= 11 is 0. The minimum absolute atomic E-state index is 0.366. The summed E-state index contributed by atoms with van der Waals surface area (Å²) < 4.78 is 0. The second-order valence-corrected chi connectivity index (χ2v) is 3.67. The maximum Gasteiger partial charge on any atom is 0.135 e. The fourth-order valence-electron chi connectivity index (χ4n) is 1.17. The van der Waals surface area contributed by atoms with Crippen LogP contribution >= 0.6 is 0 Å². The lowest BCUT2D eigenvalue weighted by molar-refractivity contribution is 0.690. The molecule has 4 nitrogen and oxygen atoms in total. The third-order valence-electron chi connectivity index (χ3n) is 1.93. The molecule has 0 aliphatic carbocycles. The predicted molar refractivity (Wildman–Crippen MR) is 56.3 cm³/mol. The van der Waals surface area contributed by atoms with Gasteiger partial charge in [0.15, 0.2) is 0 Å². The second kappa shape index (κ2) is 5.00. The Morgan fingerprint density at radius 1 is 1.21 bits per heavy atom. The lowest BCUT2D eigenvalue weighted by Gasteiger charge is -2.06. The maximum absolute atomic E-state index is 4.41. The van der Waals surface area contributed by atoms with Crippen LogP contribution in [0.3, 0.4) is 0 Å². The molecule has 0 bridgehead atoms. The Morgan fingerprint density at radius 2 is 1.93 bits per heavy atom. The van der Waals surface area contributed by atoms with Crippen LogP contribution in [-0.2, 0) is 6.42 Å². The molecule has 0 saturated heterocycles. The molecular weight excluding hydrogens is 176 g/mol. The zero-order valence-corrected chi connectivity index (χ0v) is 9.33. The third kappa shape index (κ3) is 3.03. The first-order valence-electron chi connectivity index (χ1n) is 4.99. The normalized spacial score (nSPS) is 10.9. The molecule has 0 radical (unpaired) electrons. The zero-order valence-electron chi connectivity index (χ0n) is 9.33. The SMILES string of the molecule is CNCCc1nc(C)nc(C(C)C)n1. The van der Waals surface area contributed by atoms with E-state index >= 15 is 0 Å². The van der Waals surface area contributed by atoms with Crippen molar-refractivity contribution in [1.29, 1.82) is 0 Å². The van der Waals surface area contributed by atoms with Gasteiger partial charge in [-0.2, -0.15) is 0 Å². The van der Waals surface area contributed by atoms with Crippen molar-refractivity contribution in [2.75, 3.05) is 13.6 Å². The average molecular weight is 194 g/mol. The van der Waals surface area contributed by atoms with Gasteiger partial charge < -0.3 is 5.32 Å². The van der Waals surface area contributed by atoms with E-state index in [2.05, 4.69) is 34.1 Å². The third-order valence-corrected chi connectivity index (χ3v) is 1.93. The van der Waals surface area contributed by atoms with Gasteiger partial charge in [-0.3, -0.25) is 0 Å².